The number of nitrogens with one attached hydrogen (secondary N) is 1. The zero-order chi connectivity index (χ0) is 14.7. The highest BCUT2D eigenvalue weighted by Crippen LogP contribution is 2.18. The van der Waals surface area contributed by atoms with E-state index in [4.69, 9.17) is 0 Å². The maximum Gasteiger partial charge on any atom is 0.163 e. The monoisotopic (exact) mass is 279 g/mol. The minimum Gasteiger partial charge on any atom is -0.306 e. The molecule has 5 heteroatoms. The van der Waals surface area contributed by atoms with Crippen molar-refractivity contribution in [1.82, 2.24) is 15.1 Å². The molecule has 1 heterocycles. The largest absolute Gasteiger partial charge is 0.306 e. The zero-order valence-electron chi connectivity index (χ0n) is 12.0. The molecule has 3 nitrogen and oxygen atoms in total. The van der Waals surface area contributed by atoms with Gasteiger partial charge in [0.2, 0.25) is 0 Å². The fourth-order valence-electron chi connectivity index (χ4n) is 2.18. The van der Waals surface area contributed by atoms with Crippen LogP contribution in [0.1, 0.15) is 36.7 Å². The Kier molecular flexibility index (Phi) is 4.49. The van der Waals surface area contributed by atoms with Crippen molar-refractivity contribution in [3.8, 4) is 0 Å². The van der Waals surface area contributed by atoms with Crippen molar-refractivity contribution in [3.63, 3.8) is 0 Å². The van der Waals surface area contributed by atoms with Crippen molar-refractivity contribution in [1.29, 1.82) is 0 Å². The average molecular weight is 279 g/mol. The predicted molar refractivity (Wildman–Crippen MR) is 74.3 cm³/mol. The molecule has 2 aromatic rings. The van der Waals surface area contributed by atoms with Gasteiger partial charge in [-0.05, 0) is 26.8 Å². The number of nitrogens with zero attached hydrogens (tertiary/aromatic N) is 2. The molecule has 0 bridgehead atoms. The van der Waals surface area contributed by atoms with Gasteiger partial charge in [0.1, 0.15) is 0 Å². The lowest BCUT2D eigenvalue weighted by molar-refractivity contribution is 0.484. The number of aromatic nitrogens is 2. The normalized spacial score (nSPS) is 12.7. The van der Waals surface area contributed by atoms with Gasteiger partial charge in [0.25, 0.3) is 0 Å². The molecule has 0 amide bonds. The Morgan fingerprint density at radius 3 is 2.75 bits per heavy atom. The molecular formula is C15H19F2N3. The van der Waals surface area contributed by atoms with Gasteiger partial charge in [0.05, 0.1) is 5.69 Å². The van der Waals surface area contributed by atoms with E-state index in [1.807, 2.05) is 31.6 Å². The number of rotatable bonds is 5. The minimum atomic E-state index is -0.813. The third-order valence-corrected chi connectivity index (χ3v) is 3.41. The molecule has 1 N–H and O–H groups in total. The smallest absolute Gasteiger partial charge is 0.163 e. The second kappa shape index (κ2) is 6.13. The van der Waals surface area contributed by atoms with Crippen LogP contribution in [0.5, 0.6) is 0 Å². The molecule has 0 saturated carbocycles. The lowest BCUT2D eigenvalue weighted by atomic mass is 10.1. The maximum absolute atomic E-state index is 13.6. The minimum absolute atomic E-state index is 0.0259. The van der Waals surface area contributed by atoms with Gasteiger partial charge in [-0.2, -0.15) is 5.10 Å². The summed E-state index contributed by atoms with van der Waals surface area (Å²) in [6, 6.07) is 4.25. The highest BCUT2D eigenvalue weighted by Gasteiger charge is 2.13. The van der Waals surface area contributed by atoms with Gasteiger partial charge >= 0.3 is 0 Å². The summed E-state index contributed by atoms with van der Waals surface area (Å²) in [4.78, 5) is 0. The Balaban J connectivity index is 2.06. The maximum atomic E-state index is 13.6. The summed E-state index contributed by atoms with van der Waals surface area (Å²) in [5.41, 5.74) is 2.35. The Hall–Kier alpha value is -1.75. The SMILES string of the molecule is CCn1cc(C(C)NCc2cccc(F)c2F)c(C)n1. The summed E-state index contributed by atoms with van der Waals surface area (Å²) in [5.74, 6) is -1.60. The van der Waals surface area contributed by atoms with Gasteiger partial charge in [-0.25, -0.2) is 8.78 Å². The summed E-state index contributed by atoms with van der Waals surface area (Å²) in [6.45, 7) is 7.05. The van der Waals surface area contributed by atoms with Gasteiger partial charge in [-0.3, -0.25) is 4.68 Å². The summed E-state index contributed by atoms with van der Waals surface area (Å²) in [6.07, 6.45) is 1.98. The molecule has 0 fully saturated rings. The van der Waals surface area contributed by atoms with Crippen molar-refractivity contribution in [2.24, 2.45) is 0 Å². The Bertz CT molecular complexity index is 593. The van der Waals surface area contributed by atoms with Crippen molar-refractivity contribution in [2.45, 2.75) is 39.9 Å². The molecule has 1 atom stereocenters. The van der Waals surface area contributed by atoms with Crippen LogP contribution in [0.2, 0.25) is 0 Å². The third kappa shape index (κ3) is 3.04. The van der Waals surface area contributed by atoms with Crippen LogP contribution in [0.25, 0.3) is 0 Å². The zero-order valence-corrected chi connectivity index (χ0v) is 12.0. The van der Waals surface area contributed by atoms with Crippen LogP contribution in [0.15, 0.2) is 24.4 Å². The first-order chi connectivity index (χ1) is 9.52. The standard InChI is InChI=1S/C15H19F2N3/c1-4-20-9-13(11(3)19-20)10(2)18-8-12-6-5-7-14(16)15(12)17/h5-7,9-10,18H,4,8H2,1-3H3. The van der Waals surface area contributed by atoms with Crippen LogP contribution in [0.3, 0.4) is 0 Å². The highest BCUT2D eigenvalue weighted by atomic mass is 19.2. The number of hydrogen-bond donors (Lipinski definition) is 1. The quantitative estimate of drug-likeness (QED) is 0.909. The molecule has 0 aliphatic heterocycles. The summed E-state index contributed by atoms with van der Waals surface area (Å²) >= 11 is 0. The Morgan fingerprint density at radius 1 is 1.35 bits per heavy atom. The predicted octanol–water partition coefficient (Wildman–Crippen LogP) is 3.34. The second-order valence-corrected chi connectivity index (χ2v) is 4.84. The van der Waals surface area contributed by atoms with Crippen molar-refractivity contribution in [3.05, 3.63) is 52.9 Å². The fraction of sp³-hybridized carbons (Fsp3) is 0.400. The van der Waals surface area contributed by atoms with Gasteiger partial charge in [-0.1, -0.05) is 12.1 Å². The van der Waals surface area contributed by atoms with Gasteiger partial charge < -0.3 is 5.32 Å². The van der Waals surface area contributed by atoms with Crippen molar-refractivity contribution in [2.75, 3.05) is 0 Å². The topological polar surface area (TPSA) is 29.9 Å². The molecule has 2 rings (SSSR count). The molecule has 1 unspecified atom stereocenters. The lowest BCUT2D eigenvalue weighted by Crippen LogP contribution is -2.19. The van der Waals surface area contributed by atoms with Crippen molar-refractivity contribution < 1.29 is 8.78 Å². The van der Waals surface area contributed by atoms with Crippen LogP contribution in [0, 0.1) is 18.6 Å². The van der Waals surface area contributed by atoms with Gasteiger partial charge in [-0.15, -0.1) is 0 Å². The van der Waals surface area contributed by atoms with Crippen molar-refractivity contribution >= 4 is 0 Å². The summed E-state index contributed by atoms with van der Waals surface area (Å²) < 4.78 is 28.6. The number of aryl methyl sites for hydroxylation is 2. The molecule has 0 saturated heterocycles. The van der Waals surface area contributed by atoms with E-state index in [1.54, 1.807) is 6.07 Å². The molecule has 1 aromatic carbocycles. The van der Waals surface area contributed by atoms with Crippen LogP contribution >= 0.6 is 0 Å². The van der Waals surface area contributed by atoms with E-state index in [0.29, 0.717) is 5.56 Å². The summed E-state index contributed by atoms with van der Waals surface area (Å²) in [5, 5.41) is 7.58. The van der Waals surface area contributed by atoms with E-state index in [1.165, 1.54) is 6.07 Å². The van der Waals surface area contributed by atoms with E-state index < -0.39 is 11.6 Å². The molecular weight excluding hydrogens is 260 g/mol. The van der Waals surface area contributed by atoms with E-state index in [9.17, 15) is 8.78 Å². The molecule has 0 aliphatic rings. The lowest BCUT2D eigenvalue weighted by Gasteiger charge is -2.13. The number of hydrogen-bond acceptors (Lipinski definition) is 2. The fourth-order valence-corrected chi connectivity index (χ4v) is 2.18. The first-order valence-electron chi connectivity index (χ1n) is 6.73. The van der Waals surface area contributed by atoms with Crippen LogP contribution < -0.4 is 5.32 Å². The first-order valence-corrected chi connectivity index (χ1v) is 6.73. The number of halogens is 2. The van der Waals surface area contributed by atoms with Gasteiger partial charge in [0, 0.05) is 36.5 Å². The van der Waals surface area contributed by atoms with E-state index in [0.717, 1.165) is 23.9 Å². The Morgan fingerprint density at radius 2 is 2.10 bits per heavy atom. The molecule has 0 radical (unpaired) electrons. The van der Waals surface area contributed by atoms with E-state index in [-0.39, 0.29) is 12.6 Å². The first kappa shape index (κ1) is 14.7. The van der Waals surface area contributed by atoms with Gasteiger partial charge in [0.15, 0.2) is 11.6 Å². The number of benzene rings is 1. The Labute approximate surface area is 117 Å². The molecule has 20 heavy (non-hydrogen) atoms. The average Bonchev–Trinajstić information content (AvgIpc) is 2.81. The highest BCUT2D eigenvalue weighted by molar-refractivity contribution is 5.21. The van der Waals surface area contributed by atoms with E-state index in [2.05, 4.69) is 10.4 Å². The molecule has 0 aliphatic carbocycles. The third-order valence-electron chi connectivity index (χ3n) is 3.41. The van der Waals surface area contributed by atoms with E-state index >= 15 is 0 Å². The summed E-state index contributed by atoms with van der Waals surface area (Å²) in [7, 11) is 0. The molecule has 1 aromatic heterocycles. The van der Waals surface area contributed by atoms with Crippen LogP contribution in [-0.4, -0.2) is 9.78 Å². The molecule has 0 spiro atoms. The van der Waals surface area contributed by atoms with Crippen LogP contribution in [0.4, 0.5) is 8.78 Å². The second-order valence-electron chi connectivity index (χ2n) is 4.84. The molecule has 108 valence electrons. The van der Waals surface area contributed by atoms with Crippen LogP contribution in [-0.2, 0) is 13.1 Å².